The Hall–Kier alpha value is -2.80. The lowest BCUT2D eigenvalue weighted by Gasteiger charge is -2.27. The van der Waals surface area contributed by atoms with E-state index in [9.17, 15) is 0 Å². The standard InChI is InChI=1S/C22H30N6O/c1-4-29-19-11-9-17(10-12-19)25-20-13-21(26-18-7-5-16(23)6-8-18)27-28-15(3)14(2)24-22(20)28/h9-13,16,18,25H,4-8,23H2,1-3H3,(H,26,27)/t16-,18-. The van der Waals surface area contributed by atoms with Crippen molar-refractivity contribution in [2.75, 3.05) is 17.2 Å². The maximum atomic E-state index is 6.05. The SMILES string of the molecule is CCOc1ccc(Nc2cc(N[C@H]3CC[C@H](N)CC3)nn3c(C)c(C)nc23)cc1. The van der Waals surface area contributed by atoms with E-state index in [1.165, 1.54) is 0 Å². The van der Waals surface area contributed by atoms with Crippen molar-refractivity contribution in [1.29, 1.82) is 0 Å². The quantitative estimate of drug-likeness (QED) is 0.581. The molecule has 0 amide bonds. The van der Waals surface area contributed by atoms with E-state index in [-0.39, 0.29) is 0 Å². The molecule has 0 saturated heterocycles. The van der Waals surface area contributed by atoms with Crippen LogP contribution in [0.3, 0.4) is 0 Å². The molecule has 1 aromatic carbocycles. The van der Waals surface area contributed by atoms with E-state index in [1.54, 1.807) is 0 Å². The lowest BCUT2D eigenvalue weighted by molar-refractivity contribution is 0.340. The summed E-state index contributed by atoms with van der Waals surface area (Å²) >= 11 is 0. The van der Waals surface area contributed by atoms with Gasteiger partial charge >= 0.3 is 0 Å². The number of rotatable bonds is 6. The topological polar surface area (TPSA) is 89.5 Å². The van der Waals surface area contributed by atoms with Gasteiger partial charge in [0.05, 0.1) is 23.7 Å². The highest BCUT2D eigenvalue weighted by Gasteiger charge is 2.20. The fourth-order valence-electron chi connectivity index (χ4n) is 3.83. The molecule has 3 aromatic rings. The zero-order valence-electron chi connectivity index (χ0n) is 17.4. The molecule has 7 nitrogen and oxygen atoms in total. The highest BCUT2D eigenvalue weighted by molar-refractivity contribution is 5.76. The Balaban J connectivity index is 1.63. The third-order valence-electron chi connectivity index (χ3n) is 5.61. The number of aromatic nitrogens is 3. The Morgan fingerprint density at radius 1 is 1.14 bits per heavy atom. The number of ether oxygens (including phenoxy) is 1. The highest BCUT2D eigenvalue weighted by atomic mass is 16.5. The molecule has 2 aromatic heterocycles. The van der Waals surface area contributed by atoms with Crippen molar-refractivity contribution in [1.82, 2.24) is 14.6 Å². The number of benzene rings is 1. The summed E-state index contributed by atoms with van der Waals surface area (Å²) in [5, 5.41) is 11.9. The van der Waals surface area contributed by atoms with Gasteiger partial charge in [-0.15, -0.1) is 5.10 Å². The van der Waals surface area contributed by atoms with E-state index < -0.39 is 0 Å². The number of imidazole rings is 1. The average Bonchev–Trinajstić information content (AvgIpc) is 3.00. The van der Waals surface area contributed by atoms with Crippen molar-refractivity contribution < 1.29 is 4.74 Å². The predicted octanol–water partition coefficient (Wildman–Crippen LogP) is 4.17. The summed E-state index contributed by atoms with van der Waals surface area (Å²) in [6.07, 6.45) is 4.26. The molecule has 0 spiro atoms. The predicted molar refractivity (Wildman–Crippen MR) is 117 cm³/mol. The summed E-state index contributed by atoms with van der Waals surface area (Å²) in [5.74, 6) is 1.72. The minimum Gasteiger partial charge on any atom is -0.494 e. The Bertz CT molecular complexity index is 973. The zero-order valence-corrected chi connectivity index (χ0v) is 17.4. The van der Waals surface area contributed by atoms with Crippen LogP contribution in [-0.4, -0.2) is 33.3 Å². The van der Waals surface area contributed by atoms with Gasteiger partial charge in [0.2, 0.25) is 0 Å². The normalized spacial score (nSPS) is 19.3. The number of nitrogens with two attached hydrogens (primary N) is 1. The molecule has 0 atom stereocenters. The number of hydrogen-bond acceptors (Lipinski definition) is 6. The Morgan fingerprint density at radius 3 is 2.55 bits per heavy atom. The number of fused-ring (bicyclic) bond motifs is 1. The fraction of sp³-hybridized carbons (Fsp3) is 0.455. The number of hydrogen-bond donors (Lipinski definition) is 3. The van der Waals surface area contributed by atoms with Crippen molar-refractivity contribution in [3.63, 3.8) is 0 Å². The molecule has 154 valence electrons. The Labute approximate surface area is 171 Å². The van der Waals surface area contributed by atoms with E-state index in [1.807, 2.05) is 55.6 Å². The first-order valence-corrected chi connectivity index (χ1v) is 10.4. The first-order chi connectivity index (χ1) is 14.0. The van der Waals surface area contributed by atoms with E-state index in [0.717, 1.165) is 65.7 Å². The molecule has 0 unspecified atom stereocenters. The molecule has 1 saturated carbocycles. The molecule has 1 aliphatic carbocycles. The van der Waals surface area contributed by atoms with Crippen LogP contribution in [0.1, 0.15) is 44.0 Å². The van der Waals surface area contributed by atoms with Crippen LogP contribution in [0.5, 0.6) is 5.75 Å². The first kappa shape index (κ1) is 19.5. The minimum atomic E-state index is 0.332. The molecule has 1 fully saturated rings. The summed E-state index contributed by atoms with van der Waals surface area (Å²) in [7, 11) is 0. The van der Waals surface area contributed by atoms with Crippen LogP contribution in [-0.2, 0) is 0 Å². The maximum Gasteiger partial charge on any atom is 0.177 e. The second kappa shape index (κ2) is 8.29. The molecule has 4 rings (SSSR count). The highest BCUT2D eigenvalue weighted by Crippen LogP contribution is 2.28. The molecule has 29 heavy (non-hydrogen) atoms. The van der Waals surface area contributed by atoms with Crippen LogP contribution in [0.2, 0.25) is 0 Å². The largest absolute Gasteiger partial charge is 0.494 e. The van der Waals surface area contributed by atoms with Gasteiger partial charge in [0.15, 0.2) is 5.65 Å². The van der Waals surface area contributed by atoms with Gasteiger partial charge in [-0.1, -0.05) is 0 Å². The van der Waals surface area contributed by atoms with Crippen molar-refractivity contribution in [3.05, 3.63) is 41.7 Å². The van der Waals surface area contributed by atoms with Gasteiger partial charge in [0.25, 0.3) is 0 Å². The van der Waals surface area contributed by atoms with Gasteiger partial charge in [-0.05, 0) is 70.7 Å². The number of anilines is 3. The summed E-state index contributed by atoms with van der Waals surface area (Å²) in [5.41, 5.74) is 10.8. The van der Waals surface area contributed by atoms with Crippen molar-refractivity contribution >= 4 is 22.8 Å². The molecule has 0 aliphatic heterocycles. The third-order valence-corrected chi connectivity index (χ3v) is 5.61. The van der Waals surface area contributed by atoms with Crippen LogP contribution in [0.15, 0.2) is 30.3 Å². The Kier molecular flexibility index (Phi) is 5.58. The van der Waals surface area contributed by atoms with Crippen molar-refractivity contribution in [2.24, 2.45) is 5.73 Å². The number of aryl methyl sites for hydroxylation is 2. The summed E-state index contributed by atoms with van der Waals surface area (Å²) in [6, 6.07) is 10.8. The molecule has 2 heterocycles. The monoisotopic (exact) mass is 394 g/mol. The van der Waals surface area contributed by atoms with E-state index in [0.29, 0.717) is 18.7 Å². The second-order valence-electron chi connectivity index (χ2n) is 7.80. The molecule has 0 radical (unpaired) electrons. The van der Waals surface area contributed by atoms with Gasteiger partial charge in [0.1, 0.15) is 11.6 Å². The first-order valence-electron chi connectivity index (χ1n) is 10.4. The molecule has 4 N–H and O–H groups in total. The van der Waals surface area contributed by atoms with Crippen LogP contribution in [0, 0.1) is 13.8 Å². The van der Waals surface area contributed by atoms with Gasteiger partial charge in [-0.3, -0.25) is 0 Å². The van der Waals surface area contributed by atoms with Crippen LogP contribution in [0.25, 0.3) is 5.65 Å². The second-order valence-corrected chi connectivity index (χ2v) is 7.80. The summed E-state index contributed by atoms with van der Waals surface area (Å²) < 4.78 is 7.46. The smallest absolute Gasteiger partial charge is 0.177 e. The van der Waals surface area contributed by atoms with Crippen molar-refractivity contribution in [3.8, 4) is 5.75 Å². The summed E-state index contributed by atoms with van der Waals surface area (Å²) in [4.78, 5) is 4.72. The molecule has 1 aliphatic rings. The number of nitrogens with zero attached hydrogens (tertiary/aromatic N) is 3. The molecule has 7 heteroatoms. The maximum absolute atomic E-state index is 6.05. The molecular weight excluding hydrogens is 364 g/mol. The van der Waals surface area contributed by atoms with Gasteiger partial charge in [0, 0.05) is 23.8 Å². The Morgan fingerprint density at radius 2 is 1.86 bits per heavy atom. The van der Waals surface area contributed by atoms with Crippen molar-refractivity contribution in [2.45, 2.75) is 58.5 Å². The van der Waals surface area contributed by atoms with Gasteiger partial charge in [-0.2, -0.15) is 0 Å². The van der Waals surface area contributed by atoms with Gasteiger partial charge < -0.3 is 21.1 Å². The molecule has 0 bridgehead atoms. The zero-order chi connectivity index (χ0) is 20.4. The lowest BCUT2D eigenvalue weighted by atomic mass is 9.92. The van der Waals surface area contributed by atoms with E-state index in [4.69, 9.17) is 20.6 Å². The molecular formula is C22H30N6O. The lowest BCUT2D eigenvalue weighted by Crippen LogP contribution is -2.33. The minimum absolute atomic E-state index is 0.332. The summed E-state index contributed by atoms with van der Waals surface area (Å²) in [6.45, 7) is 6.70. The van der Waals surface area contributed by atoms with Crippen LogP contribution >= 0.6 is 0 Å². The van der Waals surface area contributed by atoms with Gasteiger partial charge in [-0.25, -0.2) is 9.50 Å². The third kappa shape index (κ3) is 4.29. The van der Waals surface area contributed by atoms with Crippen LogP contribution < -0.4 is 21.1 Å². The average molecular weight is 395 g/mol. The van der Waals surface area contributed by atoms with Crippen LogP contribution in [0.4, 0.5) is 17.2 Å². The van der Waals surface area contributed by atoms with E-state index in [2.05, 4.69) is 10.6 Å². The fourth-order valence-corrected chi connectivity index (χ4v) is 3.83. The van der Waals surface area contributed by atoms with E-state index >= 15 is 0 Å². The number of nitrogens with one attached hydrogen (secondary N) is 2.